The molecule has 0 saturated heterocycles. The van der Waals surface area contributed by atoms with E-state index >= 15 is 0 Å². The molecule has 0 fully saturated rings. The summed E-state index contributed by atoms with van der Waals surface area (Å²) in [6, 6.07) is 7.57. The number of H-pyrrole nitrogens is 1. The fourth-order valence-electron chi connectivity index (χ4n) is 2.80. The highest BCUT2D eigenvalue weighted by Gasteiger charge is 2.22. The number of benzene rings is 2. The summed E-state index contributed by atoms with van der Waals surface area (Å²) < 4.78 is 53.8. The summed E-state index contributed by atoms with van der Waals surface area (Å²) in [5, 5.41) is 0.0638. The second-order valence-electron chi connectivity index (χ2n) is 6.01. The minimum atomic E-state index is -3.62. The molecule has 28 heavy (non-hydrogen) atoms. The van der Waals surface area contributed by atoms with E-state index in [9.17, 15) is 17.2 Å². The fourth-order valence-corrected chi connectivity index (χ4v) is 4.50. The summed E-state index contributed by atoms with van der Waals surface area (Å²) in [7, 11) is -3.62. The number of fused-ring (bicyclic) bond motifs is 1. The van der Waals surface area contributed by atoms with E-state index in [1.54, 1.807) is 19.9 Å². The molecule has 0 saturated carbocycles. The number of rotatable bonds is 6. The van der Waals surface area contributed by atoms with Gasteiger partial charge in [-0.05, 0) is 42.5 Å². The smallest absolute Gasteiger partial charge is 0.243 e. The molecule has 0 atom stereocenters. The Labute approximate surface area is 166 Å². The van der Waals surface area contributed by atoms with Gasteiger partial charge in [-0.2, -0.15) is 4.31 Å². The molecule has 0 aliphatic rings. The average Bonchev–Trinajstić information content (AvgIpc) is 3.09. The Hall–Kier alpha value is -2.29. The van der Waals surface area contributed by atoms with Crippen LogP contribution in [0.25, 0.3) is 22.1 Å². The minimum absolute atomic E-state index is 0.0183. The van der Waals surface area contributed by atoms with Crippen LogP contribution in [-0.2, 0) is 10.0 Å². The van der Waals surface area contributed by atoms with E-state index in [0.29, 0.717) is 24.1 Å². The Bertz CT molecular complexity index is 1160. The predicted molar refractivity (Wildman–Crippen MR) is 106 cm³/mol. The molecule has 3 aromatic rings. The highest BCUT2D eigenvalue weighted by atomic mass is 35.5. The van der Waals surface area contributed by atoms with Gasteiger partial charge in [0.15, 0.2) is 0 Å². The molecule has 0 spiro atoms. The number of imidazole rings is 1. The van der Waals surface area contributed by atoms with Gasteiger partial charge in [-0.15, -0.1) is 0 Å². The van der Waals surface area contributed by atoms with Gasteiger partial charge in [0.05, 0.1) is 21.0 Å². The van der Waals surface area contributed by atoms with Crippen molar-refractivity contribution in [1.82, 2.24) is 14.3 Å². The predicted octanol–water partition coefficient (Wildman–Crippen LogP) is 4.61. The summed E-state index contributed by atoms with van der Waals surface area (Å²) in [6.45, 7) is 4.26. The lowest BCUT2D eigenvalue weighted by Gasteiger charge is -2.18. The molecule has 0 aliphatic carbocycles. The molecule has 9 heteroatoms. The van der Waals surface area contributed by atoms with Crippen LogP contribution in [0.5, 0.6) is 0 Å². The lowest BCUT2D eigenvalue weighted by Crippen LogP contribution is -2.30. The molecular formula is C19H18ClF2N3O2S. The molecule has 1 aromatic heterocycles. The summed E-state index contributed by atoms with van der Waals surface area (Å²) in [5.41, 5.74) is 0.949. The van der Waals surface area contributed by atoms with Gasteiger partial charge in [0.25, 0.3) is 0 Å². The Morgan fingerprint density at radius 1 is 1.18 bits per heavy atom. The first-order chi connectivity index (χ1) is 13.3. The van der Waals surface area contributed by atoms with E-state index in [-0.39, 0.29) is 21.3 Å². The summed E-state index contributed by atoms with van der Waals surface area (Å²) >= 11 is 6.21. The van der Waals surface area contributed by atoms with Gasteiger partial charge in [0.1, 0.15) is 17.5 Å². The zero-order valence-corrected chi connectivity index (χ0v) is 16.8. The summed E-state index contributed by atoms with van der Waals surface area (Å²) in [4.78, 5) is 7.35. The summed E-state index contributed by atoms with van der Waals surface area (Å²) in [6.07, 6.45) is 1.26. The molecule has 2 aromatic carbocycles. The molecule has 0 amide bonds. The number of aromatic amines is 1. The van der Waals surface area contributed by atoms with Crippen LogP contribution in [-0.4, -0.2) is 35.8 Å². The maximum absolute atomic E-state index is 13.8. The number of sulfonamides is 1. The van der Waals surface area contributed by atoms with Crippen LogP contribution in [0, 0.1) is 11.6 Å². The number of hydrogen-bond donors (Lipinski definition) is 1. The highest BCUT2D eigenvalue weighted by molar-refractivity contribution is 7.89. The largest absolute Gasteiger partial charge is 0.337 e. The van der Waals surface area contributed by atoms with Crippen LogP contribution in [0.2, 0.25) is 0 Å². The first kappa shape index (κ1) is 20.4. The third-order valence-corrected chi connectivity index (χ3v) is 6.60. The maximum Gasteiger partial charge on any atom is 0.243 e. The Morgan fingerprint density at radius 3 is 2.57 bits per heavy atom. The monoisotopic (exact) mass is 425 g/mol. The van der Waals surface area contributed by atoms with Crippen molar-refractivity contribution in [2.24, 2.45) is 0 Å². The standard InChI is InChI=1S/C19H18ClF2N3O2S/c1-3-25(4-2)28(26,27)14-6-8-17-18(11-14)24-19(23-17)15(20)10-12-9-13(21)5-7-16(12)22/h5-11H,3-4H2,1-2H3,(H,23,24). The molecule has 1 N–H and O–H groups in total. The van der Waals surface area contributed by atoms with Crippen molar-refractivity contribution in [3.8, 4) is 0 Å². The SMILES string of the molecule is CCN(CC)S(=O)(=O)c1ccc2nc(C(Cl)=Cc3cc(F)ccc3F)[nH]c2c1. The van der Waals surface area contributed by atoms with E-state index in [0.717, 1.165) is 18.2 Å². The van der Waals surface area contributed by atoms with Crippen molar-refractivity contribution in [2.45, 2.75) is 18.7 Å². The van der Waals surface area contributed by atoms with Crippen molar-refractivity contribution in [1.29, 1.82) is 0 Å². The quantitative estimate of drug-likeness (QED) is 0.627. The third kappa shape index (κ3) is 3.94. The van der Waals surface area contributed by atoms with Crippen LogP contribution >= 0.6 is 11.6 Å². The Balaban J connectivity index is 2.01. The van der Waals surface area contributed by atoms with E-state index in [1.165, 1.54) is 22.5 Å². The van der Waals surface area contributed by atoms with Gasteiger partial charge < -0.3 is 4.98 Å². The van der Waals surface area contributed by atoms with Crippen LogP contribution in [0.4, 0.5) is 8.78 Å². The van der Waals surface area contributed by atoms with Gasteiger partial charge in [0, 0.05) is 18.7 Å². The average molecular weight is 426 g/mol. The van der Waals surface area contributed by atoms with Gasteiger partial charge in [-0.3, -0.25) is 0 Å². The molecular weight excluding hydrogens is 408 g/mol. The van der Waals surface area contributed by atoms with Gasteiger partial charge in [-0.1, -0.05) is 25.4 Å². The molecule has 0 unspecified atom stereocenters. The van der Waals surface area contributed by atoms with Crippen molar-refractivity contribution in [3.05, 3.63) is 59.4 Å². The number of halogens is 3. The van der Waals surface area contributed by atoms with Crippen molar-refractivity contribution < 1.29 is 17.2 Å². The second kappa shape index (κ2) is 7.98. The first-order valence-electron chi connectivity index (χ1n) is 8.58. The van der Waals surface area contributed by atoms with Gasteiger partial charge in [-0.25, -0.2) is 22.2 Å². The molecule has 5 nitrogen and oxygen atoms in total. The number of nitrogens with one attached hydrogen (secondary N) is 1. The third-order valence-electron chi connectivity index (χ3n) is 4.26. The number of nitrogens with zero attached hydrogens (tertiary/aromatic N) is 2. The molecule has 1 heterocycles. The Kier molecular flexibility index (Phi) is 5.83. The van der Waals surface area contributed by atoms with E-state index in [1.807, 2.05) is 0 Å². The minimum Gasteiger partial charge on any atom is -0.337 e. The molecule has 0 aliphatic heterocycles. The maximum atomic E-state index is 13.8. The van der Waals surface area contributed by atoms with Crippen molar-refractivity contribution >= 4 is 43.8 Å². The number of aromatic nitrogens is 2. The lowest BCUT2D eigenvalue weighted by atomic mass is 10.2. The first-order valence-corrected chi connectivity index (χ1v) is 10.4. The zero-order valence-electron chi connectivity index (χ0n) is 15.2. The van der Waals surface area contributed by atoms with Gasteiger partial charge >= 0.3 is 0 Å². The Morgan fingerprint density at radius 2 is 1.89 bits per heavy atom. The van der Waals surface area contributed by atoms with Gasteiger partial charge in [0.2, 0.25) is 10.0 Å². The van der Waals surface area contributed by atoms with Crippen LogP contribution < -0.4 is 0 Å². The van der Waals surface area contributed by atoms with E-state index in [2.05, 4.69) is 9.97 Å². The topological polar surface area (TPSA) is 66.1 Å². The highest BCUT2D eigenvalue weighted by Crippen LogP contribution is 2.26. The van der Waals surface area contributed by atoms with E-state index < -0.39 is 21.7 Å². The molecule has 0 radical (unpaired) electrons. The normalized spacial score (nSPS) is 12.9. The molecule has 3 rings (SSSR count). The van der Waals surface area contributed by atoms with Crippen LogP contribution in [0.3, 0.4) is 0 Å². The lowest BCUT2D eigenvalue weighted by molar-refractivity contribution is 0.445. The van der Waals surface area contributed by atoms with Crippen LogP contribution in [0.15, 0.2) is 41.3 Å². The van der Waals surface area contributed by atoms with Crippen molar-refractivity contribution in [3.63, 3.8) is 0 Å². The number of hydrogen-bond acceptors (Lipinski definition) is 3. The zero-order chi connectivity index (χ0) is 20.5. The van der Waals surface area contributed by atoms with E-state index in [4.69, 9.17) is 11.6 Å². The van der Waals surface area contributed by atoms with Crippen molar-refractivity contribution in [2.75, 3.05) is 13.1 Å². The molecule has 0 bridgehead atoms. The fraction of sp³-hybridized carbons (Fsp3) is 0.211. The van der Waals surface area contributed by atoms with Crippen LogP contribution in [0.1, 0.15) is 25.2 Å². The summed E-state index contributed by atoms with van der Waals surface area (Å²) in [5.74, 6) is -0.992. The molecule has 148 valence electrons. The second-order valence-corrected chi connectivity index (χ2v) is 8.36.